The maximum absolute atomic E-state index is 12.2. The molecule has 0 N–H and O–H groups in total. The Balaban J connectivity index is 1.83. The number of halogens is 2. The van der Waals surface area contributed by atoms with Crippen LogP contribution in [0, 0.1) is 0 Å². The van der Waals surface area contributed by atoms with E-state index < -0.39 is 12.1 Å². The molecule has 1 aromatic carbocycles. The van der Waals surface area contributed by atoms with Gasteiger partial charge in [-0.25, -0.2) is 4.79 Å². The lowest BCUT2D eigenvalue weighted by Crippen LogP contribution is -2.49. The van der Waals surface area contributed by atoms with Crippen LogP contribution in [-0.4, -0.2) is 54.8 Å². The zero-order valence-corrected chi connectivity index (χ0v) is 15.8. The standard InChI is InChI=1S/C17H21Cl2NO5/c1-10-7-20(8-11(2)24-10)16(21)9-23-17(22)12(3)25-15-5-4-13(18)6-14(15)19/h4-6,10-12H,7-9H2,1-3H3. The third-order valence-electron chi connectivity index (χ3n) is 3.64. The topological polar surface area (TPSA) is 65.1 Å². The number of benzene rings is 1. The van der Waals surface area contributed by atoms with E-state index >= 15 is 0 Å². The monoisotopic (exact) mass is 389 g/mol. The van der Waals surface area contributed by atoms with Gasteiger partial charge < -0.3 is 19.1 Å². The number of ether oxygens (including phenoxy) is 3. The van der Waals surface area contributed by atoms with Crippen LogP contribution < -0.4 is 4.74 Å². The van der Waals surface area contributed by atoms with E-state index in [1.165, 1.54) is 13.0 Å². The van der Waals surface area contributed by atoms with E-state index in [9.17, 15) is 9.59 Å². The average molecular weight is 390 g/mol. The van der Waals surface area contributed by atoms with Gasteiger partial charge in [0, 0.05) is 18.1 Å². The van der Waals surface area contributed by atoms with Crippen molar-refractivity contribution in [3.63, 3.8) is 0 Å². The van der Waals surface area contributed by atoms with Crippen LogP contribution in [0.3, 0.4) is 0 Å². The number of morpholine rings is 1. The Bertz CT molecular complexity index is 629. The summed E-state index contributed by atoms with van der Waals surface area (Å²) < 4.78 is 16.1. The van der Waals surface area contributed by atoms with Crippen molar-refractivity contribution in [1.29, 1.82) is 0 Å². The minimum Gasteiger partial charge on any atom is -0.477 e. The van der Waals surface area contributed by atoms with E-state index in [0.717, 1.165) is 0 Å². The lowest BCUT2D eigenvalue weighted by Gasteiger charge is -2.35. The minimum atomic E-state index is -0.908. The highest BCUT2D eigenvalue weighted by atomic mass is 35.5. The molecule has 0 aromatic heterocycles. The Labute approximate surface area is 156 Å². The number of esters is 1. The predicted molar refractivity (Wildman–Crippen MR) is 94.1 cm³/mol. The van der Waals surface area contributed by atoms with Gasteiger partial charge in [0.1, 0.15) is 5.75 Å². The van der Waals surface area contributed by atoms with E-state index in [1.807, 2.05) is 13.8 Å². The molecule has 0 aliphatic carbocycles. The fourth-order valence-corrected chi connectivity index (χ4v) is 2.99. The van der Waals surface area contributed by atoms with Crippen molar-refractivity contribution in [2.24, 2.45) is 0 Å². The van der Waals surface area contributed by atoms with E-state index in [2.05, 4.69) is 0 Å². The van der Waals surface area contributed by atoms with Crippen molar-refractivity contribution in [2.75, 3.05) is 19.7 Å². The van der Waals surface area contributed by atoms with Gasteiger partial charge in [-0.05, 0) is 39.0 Å². The number of carbonyl (C=O) groups excluding carboxylic acids is 2. The molecular formula is C17H21Cl2NO5. The first kappa shape index (κ1) is 19.8. The van der Waals surface area contributed by atoms with Gasteiger partial charge in [-0.3, -0.25) is 4.79 Å². The van der Waals surface area contributed by atoms with Crippen molar-refractivity contribution >= 4 is 35.1 Å². The summed E-state index contributed by atoms with van der Waals surface area (Å²) in [6.45, 7) is 5.94. The van der Waals surface area contributed by atoms with Gasteiger partial charge in [-0.1, -0.05) is 23.2 Å². The summed E-state index contributed by atoms with van der Waals surface area (Å²) in [7, 11) is 0. The summed E-state index contributed by atoms with van der Waals surface area (Å²) in [6, 6.07) is 4.68. The first-order valence-corrected chi connectivity index (χ1v) is 8.73. The van der Waals surface area contributed by atoms with E-state index in [0.29, 0.717) is 28.9 Å². The normalized spacial score (nSPS) is 21.6. The Kier molecular flexibility index (Phi) is 6.93. The Morgan fingerprint density at radius 1 is 1.28 bits per heavy atom. The molecule has 138 valence electrons. The smallest absolute Gasteiger partial charge is 0.347 e. The fraction of sp³-hybridized carbons (Fsp3) is 0.529. The van der Waals surface area contributed by atoms with Gasteiger partial charge in [0.25, 0.3) is 5.91 Å². The summed E-state index contributed by atoms with van der Waals surface area (Å²) in [5, 5.41) is 0.756. The molecule has 1 aliphatic rings. The summed E-state index contributed by atoms with van der Waals surface area (Å²) in [6.07, 6.45) is -0.996. The van der Waals surface area contributed by atoms with Crippen LogP contribution in [0.25, 0.3) is 0 Å². The van der Waals surface area contributed by atoms with E-state index in [-0.39, 0.29) is 24.7 Å². The second-order valence-electron chi connectivity index (χ2n) is 6.00. The quantitative estimate of drug-likeness (QED) is 0.724. The molecule has 0 saturated carbocycles. The van der Waals surface area contributed by atoms with Gasteiger partial charge in [0.2, 0.25) is 0 Å². The maximum Gasteiger partial charge on any atom is 0.347 e. The molecule has 8 heteroatoms. The summed E-state index contributed by atoms with van der Waals surface area (Å²) in [4.78, 5) is 25.8. The molecule has 1 aliphatic heterocycles. The number of nitrogens with zero attached hydrogens (tertiary/aromatic N) is 1. The van der Waals surface area contributed by atoms with Gasteiger partial charge in [-0.2, -0.15) is 0 Å². The molecule has 2 rings (SSSR count). The van der Waals surface area contributed by atoms with Crippen molar-refractivity contribution in [3.8, 4) is 5.75 Å². The number of carbonyl (C=O) groups is 2. The van der Waals surface area contributed by atoms with Gasteiger partial charge in [-0.15, -0.1) is 0 Å². The zero-order valence-electron chi connectivity index (χ0n) is 14.3. The molecule has 0 bridgehead atoms. The van der Waals surface area contributed by atoms with E-state index in [4.69, 9.17) is 37.4 Å². The van der Waals surface area contributed by atoms with Crippen LogP contribution >= 0.6 is 23.2 Å². The highest BCUT2D eigenvalue weighted by Gasteiger charge is 2.27. The summed E-state index contributed by atoms with van der Waals surface area (Å²) >= 11 is 11.8. The van der Waals surface area contributed by atoms with Crippen LogP contribution in [0.1, 0.15) is 20.8 Å². The van der Waals surface area contributed by atoms with Crippen LogP contribution in [0.5, 0.6) is 5.75 Å². The molecule has 3 unspecified atom stereocenters. The van der Waals surface area contributed by atoms with Gasteiger partial charge in [0.05, 0.1) is 17.2 Å². The molecule has 6 nitrogen and oxygen atoms in total. The number of hydrogen-bond donors (Lipinski definition) is 0. The molecule has 1 heterocycles. The number of rotatable bonds is 5. The highest BCUT2D eigenvalue weighted by molar-refractivity contribution is 6.35. The third-order valence-corrected chi connectivity index (χ3v) is 4.17. The van der Waals surface area contributed by atoms with Crippen molar-refractivity contribution in [1.82, 2.24) is 4.90 Å². The van der Waals surface area contributed by atoms with Crippen molar-refractivity contribution in [2.45, 2.75) is 39.1 Å². The average Bonchev–Trinajstić information content (AvgIpc) is 2.53. The first-order chi connectivity index (χ1) is 11.8. The third kappa shape index (κ3) is 5.76. The fourth-order valence-electron chi connectivity index (χ4n) is 2.53. The lowest BCUT2D eigenvalue weighted by molar-refractivity contribution is -0.161. The predicted octanol–water partition coefficient (Wildman–Crippen LogP) is 2.94. The first-order valence-electron chi connectivity index (χ1n) is 7.98. The second-order valence-corrected chi connectivity index (χ2v) is 6.84. The molecule has 1 aromatic rings. The summed E-state index contributed by atoms with van der Waals surface area (Å²) in [5.41, 5.74) is 0. The van der Waals surface area contributed by atoms with E-state index in [1.54, 1.807) is 17.0 Å². The Morgan fingerprint density at radius 2 is 1.92 bits per heavy atom. The van der Waals surface area contributed by atoms with Gasteiger partial charge >= 0.3 is 5.97 Å². The van der Waals surface area contributed by atoms with Crippen LogP contribution in [-0.2, 0) is 19.1 Å². The number of hydrogen-bond acceptors (Lipinski definition) is 5. The molecule has 1 amide bonds. The molecule has 0 spiro atoms. The minimum absolute atomic E-state index is 0.0438. The van der Waals surface area contributed by atoms with Crippen molar-refractivity contribution < 1.29 is 23.8 Å². The van der Waals surface area contributed by atoms with Crippen LogP contribution in [0.15, 0.2) is 18.2 Å². The SMILES string of the molecule is CC1CN(C(=O)COC(=O)C(C)Oc2ccc(Cl)cc2Cl)CC(C)O1. The van der Waals surface area contributed by atoms with Gasteiger partial charge in [0.15, 0.2) is 12.7 Å². The number of amides is 1. The maximum atomic E-state index is 12.2. The molecule has 1 saturated heterocycles. The molecule has 0 radical (unpaired) electrons. The zero-order chi connectivity index (χ0) is 18.6. The molecule has 25 heavy (non-hydrogen) atoms. The largest absolute Gasteiger partial charge is 0.477 e. The molecular weight excluding hydrogens is 369 g/mol. The lowest BCUT2D eigenvalue weighted by atomic mass is 10.2. The molecule has 1 fully saturated rings. The second kappa shape index (κ2) is 8.74. The Hall–Kier alpha value is -1.50. The molecule has 3 atom stereocenters. The summed E-state index contributed by atoms with van der Waals surface area (Å²) in [5.74, 6) is -0.585. The van der Waals surface area contributed by atoms with Crippen LogP contribution in [0.2, 0.25) is 10.0 Å². The Morgan fingerprint density at radius 3 is 2.52 bits per heavy atom. The van der Waals surface area contributed by atoms with Crippen LogP contribution in [0.4, 0.5) is 0 Å². The highest BCUT2D eigenvalue weighted by Crippen LogP contribution is 2.28. The van der Waals surface area contributed by atoms with Crippen molar-refractivity contribution in [3.05, 3.63) is 28.2 Å².